The first kappa shape index (κ1) is 11.8. The summed E-state index contributed by atoms with van der Waals surface area (Å²) in [7, 11) is 3.71. The molecule has 0 radical (unpaired) electrons. The third-order valence-corrected chi connectivity index (χ3v) is 1.73. The second-order valence-electron chi connectivity index (χ2n) is 3.07. The molecular formula is C9H12N4O3. The highest BCUT2D eigenvalue weighted by Crippen LogP contribution is 2.17. The number of rotatable bonds is 1. The fraction of sp³-hybridized carbons (Fsp3) is 0.222. The van der Waals surface area contributed by atoms with E-state index in [1.807, 2.05) is 14.1 Å². The molecule has 0 amide bonds. The number of carboxylic acid groups (broad SMARTS) is 1. The zero-order valence-corrected chi connectivity index (χ0v) is 8.90. The first-order valence-corrected chi connectivity index (χ1v) is 4.39. The van der Waals surface area contributed by atoms with E-state index < -0.39 is 0 Å². The van der Waals surface area contributed by atoms with Gasteiger partial charge in [0.25, 0.3) is 6.47 Å². The second-order valence-corrected chi connectivity index (χ2v) is 3.07. The molecule has 0 unspecified atom stereocenters. The average molecular weight is 224 g/mol. The number of aromatic hydroxyl groups is 1. The number of pyridine rings is 1. The maximum absolute atomic E-state index is 9.42. The number of aromatic nitrogens is 3. The number of carbonyl (C=O) groups is 1. The van der Waals surface area contributed by atoms with Gasteiger partial charge in [0.05, 0.1) is 0 Å². The molecule has 0 fully saturated rings. The first-order chi connectivity index (χ1) is 7.60. The SMILES string of the molecule is CN(C)c1nc2c(O)cccn2n1.O=CO. The van der Waals surface area contributed by atoms with Gasteiger partial charge in [-0.3, -0.25) is 4.79 Å². The van der Waals surface area contributed by atoms with Crippen LogP contribution >= 0.6 is 0 Å². The van der Waals surface area contributed by atoms with E-state index in [1.54, 1.807) is 27.7 Å². The third-order valence-electron chi connectivity index (χ3n) is 1.73. The number of hydrogen-bond donors (Lipinski definition) is 2. The van der Waals surface area contributed by atoms with Gasteiger partial charge in [0.2, 0.25) is 5.95 Å². The van der Waals surface area contributed by atoms with Crippen molar-refractivity contribution in [3.8, 4) is 5.75 Å². The minimum atomic E-state index is -0.250. The highest BCUT2D eigenvalue weighted by Gasteiger charge is 2.07. The Kier molecular flexibility index (Phi) is 3.65. The molecule has 2 heterocycles. The van der Waals surface area contributed by atoms with Crippen molar-refractivity contribution in [2.75, 3.05) is 19.0 Å². The molecule has 7 nitrogen and oxygen atoms in total. The molecular weight excluding hydrogens is 212 g/mol. The van der Waals surface area contributed by atoms with Crippen LogP contribution in [-0.4, -0.2) is 45.4 Å². The Balaban J connectivity index is 0.000000386. The summed E-state index contributed by atoms with van der Waals surface area (Å²) < 4.78 is 1.55. The predicted molar refractivity (Wildman–Crippen MR) is 57.7 cm³/mol. The van der Waals surface area contributed by atoms with Crippen LogP contribution < -0.4 is 4.90 Å². The Morgan fingerprint density at radius 1 is 1.50 bits per heavy atom. The highest BCUT2D eigenvalue weighted by atomic mass is 16.3. The number of hydrogen-bond acceptors (Lipinski definition) is 5. The summed E-state index contributed by atoms with van der Waals surface area (Å²) in [6.07, 6.45) is 1.75. The fourth-order valence-corrected chi connectivity index (χ4v) is 1.07. The fourth-order valence-electron chi connectivity index (χ4n) is 1.07. The number of fused-ring (bicyclic) bond motifs is 1. The molecule has 86 valence electrons. The standard InChI is InChI=1S/C8H10N4O.CH2O2/c1-11(2)8-9-7-6(13)4-3-5-12(7)10-8;2-1-3/h3-5,13H,1-2H3;1H,(H,2,3). The van der Waals surface area contributed by atoms with Gasteiger partial charge in [-0.2, -0.15) is 4.98 Å². The minimum absolute atomic E-state index is 0.142. The quantitative estimate of drug-likeness (QED) is 0.672. The molecule has 2 aromatic heterocycles. The third kappa shape index (κ3) is 2.38. The molecule has 0 spiro atoms. The molecule has 0 aliphatic rings. The van der Waals surface area contributed by atoms with Gasteiger partial charge in [0.1, 0.15) is 0 Å². The van der Waals surface area contributed by atoms with Crippen molar-refractivity contribution >= 4 is 18.1 Å². The van der Waals surface area contributed by atoms with Crippen LogP contribution in [-0.2, 0) is 4.79 Å². The van der Waals surface area contributed by atoms with Crippen molar-refractivity contribution in [2.45, 2.75) is 0 Å². The molecule has 2 rings (SSSR count). The summed E-state index contributed by atoms with van der Waals surface area (Å²) in [5, 5.41) is 20.5. The zero-order chi connectivity index (χ0) is 12.1. The Morgan fingerprint density at radius 2 is 2.12 bits per heavy atom. The Morgan fingerprint density at radius 3 is 2.62 bits per heavy atom. The van der Waals surface area contributed by atoms with Gasteiger partial charge < -0.3 is 15.1 Å². The van der Waals surface area contributed by atoms with Crippen molar-refractivity contribution in [2.24, 2.45) is 0 Å². The van der Waals surface area contributed by atoms with Crippen LogP contribution in [0.5, 0.6) is 5.75 Å². The molecule has 0 aliphatic heterocycles. The van der Waals surface area contributed by atoms with Crippen LogP contribution in [0.3, 0.4) is 0 Å². The number of anilines is 1. The topological polar surface area (TPSA) is 91.0 Å². The van der Waals surface area contributed by atoms with Crippen molar-refractivity contribution < 1.29 is 15.0 Å². The van der Waals surface area contributed by atoms with Crippen LogP contribution in [0.25, 0.3) is 5.65 Å². The van der Waals surface area contributed by atoms with Gasteiger partial charge in [0.15, 0.2) is 11.4 Å². The summed E-state index contributed by atoms with van der Waals surface area (Å²) in [5.41, 5.74) is 0.478. The van der Waals surface area contributed by atoms with E-state index in [0.717, 1.165) is 0 Å². The minimum Gasteiger partial charge on any atom is -0.504 e. The molecule has 16 heavy (non-hydrogen) atoms. The lowest BCUT2D eigenvalue weighted by molar-refractivity contribution is -0.122. The number of nitrogens with zero attached hydrogens (tertiary/aromatic N) is 4. The van der Waals surface area contributed by atoms with E-state index in [2.05, 4.69) is 10.1 Å². The highest BCUT2D eigenvalue weighted by molar-refractivity contribution is 5.54. The van der Waals surface area contributed by atoms with E-state index in [0.29, 0.717) is 11.6 Å². The van der Waals surface area contributed by atoms with Crippen molar-refractivity contribution in [3.63, 3.8) is 0 Å². The Labute approximate surface area is 91.6 Å². The van der Waals surface area contributed by atoms with Gasteiger partial charge >= 0.3 is 0 Å². The van der Waals surface area contributed by atoms with Crippen molar-refractivity contribution in [1.82, 2.24) is 14.6 Å². The second kappa shape index (κ2) is 4.96. The van der Waals surface area contributed by atoms with Gasteiger partial charge in [-0.1, -0.05) is 0 Å². The molecule has 2 N–H and O–H groups in total. The predicted octanol–water partition coefficient (Wildman–Crippen LogP) is 0.202. The lowest BCUT2D eigenvalue weighted by Crippen LogP contribution is -2.10. The zero-order valence-electron chi connectivity index (χ0n) is 8.90. The Bertz CT molecular complexity index is 481. The maximum atomic E-state index is 9.42. The summed E-state index contributed by atoms with van der Waals surface area (Å²) in [5.74, 6) is 0.726. The molecule has 2 aromatic rings. The average Bonchev–Trinajstić information content (AvgIpc) is 2.64. The van der Waals surface area contributed by atoms with E-state index in [-0.39, 0.29) is 12.2 Å². The summed E-state index contributed by atoms with van der Waals surface area (Å²) >= 11 is 0. The van der Waals surface area contributed by atoms with Crippen LogP contribution in [0.4, 0.5) is 5.95 Å². The molecule has 0 aliphatic carbocycles. The van der Waals surface area contributed by atoms with E-state index >= 15 is 0 Å². The normalized spacial score (nSPS) is 9.38. The van der Waals surface area contributed by atoms with Crippen molar-refractivity contribution in [3.05, 3.63) is 18.3 Å². The molecule has 0 saturated heterocycles. The van der Waals surface area contributed by atoms with Gasteiger partial charge in [-0.15, -0.1) is 5.10 Å². The molecule has 0 bridgehead atoms. The lowest BCUT2D eigenvalue weighted by Gasteiger charge is -2.03. The van der Waals surface area contributed by atoms with Crippen molar-refractivity contribution in [1.29, 1.82) is 0 Å². The molecule has 0 aromatic carbocycles. The van der Waals surface area contributed by atoms with E-state index in [1.165, 1.54) is 0 Å². The maximum Gasteiger partial charge on any atom is 0.290 e. The largest absolute Gasteiger partial charge is 0.504 e. The molecule has 7 heteroatoms. The Hall–Kier alpha value is -2.31. The molecule has 0 atom stereocenters. The molecule has 0 saturated carbocycles. The van der Waals surface area contributed by atoms with Crippen LogP contribution in [0.1, 0.15) is 0 Å². The van der Waals surface area contributed by atoms with Crippen LogP contribution in [0, 0.1) is 0 Å². The monoisotopic (exact) mass is 224 g/mol. The first-order valence-electron chi connectivity index (χ1n) is 4.39. The van der Waals surface area contributed by atoms with Gasteiger partial charge in [-0.25, -0.2) is 4.52 Å². The van der Waals surface area contributed by atoms with E-state index in [4.69, 9.17) is 9.90 Å². The van der Waals surface area contributed by atoms with Gasteiger partial charge in [0, 0.05) is 20.3 Å². The smallest absolute Gasteiger partial charge is 0.290 e. The lowest BCUT2D eigenvalue weighted by atomic mass is 10.4. The van der Waals surface area contributed by atoms with E-state index in [9.17, 15) is 5.11 Å². The van der Waals surface area contributed by atoms with Crippen LogP contribution in [0.2, 0.25) is 0 Å². The summed E-state index contributed by atoms with van der Waals surface area (Å²) in [6, 6.07) is 3.31. The van der Waals surface area contributed by atoms with Crippen LogP contribution in [0.15, 0.2) is 18.3 Å². The van der Waals surface area contributed by atoms with Gasteiger partial charge in [-0.05, 0) is 12.1 Å². The summed E-state index contributed by atoms with van der Waals surface area (Å²) in [6.45, 7) is -0.250. The summed E-state index contributed by atoms with van der Waals surface area (Å²) in [4.78, 5) is 14.3.